The summed E-state index contributed by atoms with van der Waals surface area (Å²) in [5.74, 6) is -1.29. The molecule has 0 atom stereocenters. The molecule has 18 heavy (non-hydrogen) atoms. The number of hydrogen-bond donors (Lipinski definition) is 1. The summed E-state index contributed by atoms with van der Waals surface area (Å²) in [7, 11) is 0. The number of carboxylic acid groups (broad SMARTS) is 1. The van der Waals surface area contributed by atoms with Crippen molar-refractivity contribution >= 4 is 29.2 Å². The molecule has 1 amide bonds. The molecule has 0 fully saturated rings. The van der Waals surface area contributed by atoms with Crippen molar-refractivity contribution in [1.82, 2.24) is 0 Å². The van der Waals surface area contributed by atoms with Crippen molar-refractivity contribution in [3.8, 4) is 0 Å². The largest absolute Gasteiger partial charge is 0.481 e. The Bertz CT molecular complexity index is 446. The number of carbonyl (C=O) groups is 2. The van der Waals surface area contributed by atoms with Crippen LogP contribution in [0.3, 0.4) is 0 Å². The van der Waals surface area contributed by atoms with Crippen molar-refractivity contribution in [1.29, 1.82) is 0 Å². The highest BCUT2D eigenvalue weighted by Gasteiger charge is 2.21. The number of halogens is 1. The summed E-state index contributed by atoms with van der Waals surface area (Å²) in [5.41, 5.74) is 0.555. The third-order valence-electron chi connectivity index (χ3n) is 2.45. The Kier molecular flexibility index (Phi) is 5.16. The van der Waals surface area contributed by atoms with Gasteiger partial charge in [-0.15, -0.1) is 0 Å². The average molecular weight is 270 g/mol. The molecule has 1 rings (SSSR count). The van der Waals surface area contributed by atoms with E-state index in [1.807, 2.05) is 0 Å². The number of amides is 1. The van der Waals surface area contributed by atoms with E-state index in [0.717, 1.165) is 0 Å². The molecule has 1 N–H and O–H groups in total. The van der Waals surface area contributed by atoms with Crippen molar-refractivity contribution in [2.24, 2.45) is 5.92 Å². The van der Waals surface area contributed by atoms with Crippen molar-refractivity contribution < 1.29 is 14.7 Å². The first kappa shape index (κ1) is 14.5. The molecule has 1 aromatic rings. The second kappa shape index (κ2) is 6.40. The highest BCUT2D eigenvalue weighted by Crippen LogP contribution is 2.26. The van der Waals surface area contributed by atoms with Gasteiger partial charge in [0.05, 0.1) is 17.1 Å². The molecule has 0 spiro atoms. The average Bonchev–Trinajstić information content (AvgIpc) is 2.30. The monoisotopic (exact) mass is 269 g/mol. The summed E-state index contributed by atoms with van der Waals surface area (Å²) in [6.07, 6.45) is -0.107. The van der Waals surface area contributed by atoms with Crippen LogP contribution in [0.1, 0.15) is 20.3 Å². The van der Waals surface area contributed by atoms with Crippen LogP contribution >= 0.6 is 11.6 Å². The van der Waals surface area contributed by atoms with Crippen LogP contribution in [0, 0.1) is 5.92 Å². The van der Waals surface area contributed by atoms with E-state index in [9.17, 15) is 9.59 Å². The molecule has 5 heteroatoms. The molecule has 0 unspecified atom stereocenters. The number of anilines is 1. The number of benzene rings is 1. The molecular formula is C13H16ClNO3. The molecule has 0 radical (unpaired) electrons. The number of para-hydroxylation sites is 1. The smallest absolute Gasteiger partial charge is 0.305 e. The first-order chi connectivity index (χ1) is 8.43. The molecule has 0 aliphatic heterocycles. The summed E-state index contributed by atoms with van der Waals surface area (Å²) in [4.78, 5) is 24.2. The van der Waals surface area contributed by atoms with Gasteiger partial charge in [-0.3, -0.25) is 9.59 Å². The van der Waals surface area contributed by atoms with Crippen molar-refractivity contribution in [3.63, 3.8) is 0 Å². The maximum atomic E-state index is 12.1. The highest BCUT2D eigenvalue weighted by molar-refractivity contribution is 6.33. The van der Waals surface area contributed by atoms with E-state index in [1.165, 1.54) is 4.90 Å². The fourth-order valence-corrected chi connectivity index (χ4v) is 1.78. The van der Waals surface area contributed by atoms with Gasteiger partial charge in [-0.05, 0) is 12.1 Å². The number of hydrogen-bond acceptors (Lipinski definition) is 2. The van der Waals surface area contributed by atoms with Gasteiger partial charge in [0.25, 0.3) is 0 Å². The van der Waals surface area contributed by atoms with Gasteiger partial charge in [0, 0.05) is 12.5 Å². The van der Waals surface area contributed by atoms with Gasteiger partial charge in [-0.1, -0.05) is 37.6 Å². The van der Waals surface area contributed by atoms with Crippen LogP contribution in [0.25, 0.3) is 0 Å². The third-order valence-corrected chi connectivity index (χ3v) is 2.77. The Labute approximate surface area is 111 Å². The lowest BCUT2D eigenvalue weighted by Crippen LogP contribution is -2.36. The molecule has 0 saturated heterocycles. The van der Waals surface area contributed by atoms with Gasteiger partial charge >= 0.3 is 5.97 Å². The second-order valence-electron chi connectivity index (χ2n) is 4.24. The standard InChI is InChI=1S/C13H16ClNO3/c1-9(2)13(18)15(8-7-12(16)17)11-6-4-3-5-10(11)14/h3-6,9H,7-8H2,1-2H3,(H,16,17). The van der Waals surface area contributed by atoms with Crippen LogP contribution in [0.2, 0.25) is 5.02 Å². The third kappa shape index (κ3) is 3.74. The molecular weight excluding hydrogens is 254 g/mol. The molecule has 4 nitrogen and oxygen atoms in total. The predicted octanol–water partition coefficient (Wildman–Crippen LogP) is 2.80. The minimum Gasteiger partial charge on any atom is -0.481 e. The molecule has 0 aliphatic rings. The normalized spacial score (nSPS) is 10.4. The SMILES string of the molecule is CC(C)C(=O)N(CCC(=O)O)c1ccccc1Cl. The van der Waals surface area contributed by atoms with Crippen LogP contribution in [0.4, 0.5) is 5.69 Å². The fraction of sp³-hybridized carbons (Fsp3) is 0.385. The summed E-state index contributed by atoms with van der Waals surface area (Å²) >= 11 is 6.04. The number of rotatable bonds is 5. The topological polar surface area (TPSA) is 57.6 Å². The van der Waals surface area contributed by atoms with Crippen molar-refractivity contribution in [2.75, 3.05) is 11.4 Å². The van der Waals surface area contributed by atoms with E-state index < -0.39 is 5.97 Å². The lowest BCUT2D eigenvalue weighted by atomic mass is 10.1. The number of carboxylic acids is 1. The quantitative estimate of drug-likeness (QED) is 0.894. The van der Waals surface area contributed by atoms with Crippen LogP contribution in [0.15, 0.2) is 24.3 Å². The first-order valence-corrected chi connectivity index (χ1v) is 6.09. The van der Waals surface area contributed by atoms with Crippen molar-refractivity contribution in [3.05, 3.63) is 29.3 Å². The fourth-order valence-electron chi connectivity index (χ4n) is 1.54. The van der Waals surface area contributed by atoms with Crippen LogP contribution in [0.5, 0.6) is 0 Å². The zero-order valence-electron chi connectivity index (χ0n) is 10.4. The zero-order valence-corrected chi connectivity index (χ0v) is 11.1. The van der Waals surface area contributed by atoms with Gasteiger partial charge in [0.15, 0.2) is 0 Å². The van der Waals surface area contributed by atoms with E-state index in [1.54, 1.807) is 38.1 Å². The molecule has 0 saturated carbocycles. The molecule has 0 aliphatic carbocycles. The number of carbonyl (C=O) groups excluding carboxylic acids is 1. The molecule has 0 heterocycles. The maximum absolute atomic E-state index is 12.1. The van der Waals surface area contributed by atoms with Gasteiger partial charge < -0.3 is 10.0 Å². The molecule has 0 aromatic heterocycles. The van der Waals surface area contributed by atoms with E-state index in [4.69, 9.17) is 16.7 Å². The second-order valence-corrected chi connectivity index (χ2v) is 4.65. The summed E-state index contributed by atoms with van der Waals surface area (Å²) in [5, 5.41) is 9.17. The van der Waals surface area contributed by atoms with E-state index in [-0.39, 0.29) is 24.8 Å². The molecule has 1 aromatic carbocycles. The minimum atomic E-state index is -0.941. The lowest BCUT2D eigenvalue weighted by Gasteiger charge is -2.25. The van der Waals surface area contributed by atoms with Gasteiger partial charge in [-0.2, -0.15) is 0 Å². The first-order valence-electron chi connectivity index (χ1n) is 5.71. The van der Waals surface area contributed by atoms with Crippen molar-refractivity contribution in [2.45, 2.75) is 20.3 Å². The summed E-state index contributed by atoms with van der Waals surface area (Å²) in [6.45, 7) is 3.66. The number of aliphatic carboxylic acids is 1. The Hall–Kier alpha value is -1.55. The van der Waals surface area contributed by atoms with Crippen LogP contribution in [-0.2, 0) is 9.59 Å². The molecule has 0 bridgehead atoms. The molecule has 98 valence electrons. The van der Waals surface area contributed by atoms with Gasteiger partial charge in [-0.25, -0.2) is 0 Å². The van der Waals surface area contributed by atoms with Crippen LogP contribution < -0.4 is 4.90 Å². The maximum Gasteiger partial charge on any atom is 0.305 e. The van der Waals surface area contributed by atoms with E-state index in [2.05, 4.69) is 0 Å². The Morgan fingerprint density at radius 3 is 2.44 bits per heavy atom. The zero-order chi connectivity index (χ0) is 13.7. The van der Waals surface area contributed by atoms with Crippen LogP contribution in [-0.4, -0.2) is 23.5 Å². The lowest BCUT2D eigenvalue weighted by molar-refractivity contribution is -0.136. The Morgan fingerprint density at radius 1 is 1.33 bits per heavy atom. The highest BCUT2D eigenvalue weighted by atomic mass is 35.5. The Balaban J connectivity index is 3.00. The van der Waals surface area contributed by atoms with E-state index in [0.29, 0.717) is 10.7 Å². The number of nitrogens with zero attached hydrogens (tertiary/aromatic N) is 1. The Morgan fingerprint density at radius 2 is 1.94 bits per heavy atom. The summed E-state index contributed by atoms with van der Waals surface area (Å²) < 4.78 is 0. The summed E-state index contributed by atoms with van der Waals surface area (Å²) in [6, 6.07) is 6.92. The van der Waals surface area contributed by atoms with E-state index >= 15 is 0 Å². The van der Waals surface area contributed by atoms with Gasteiger partial charge in [0.1, 0.15) is 0 Å². The minimum absolute atomic E-state index is 0.107. The predicted molar refractivity (Wildman–Crippen MR) is 70.9 cm³/mol. The van der Waals surface area contributed by atoms with Gasteiger partial charge in [0.2, 0.25) is 5.91 Å².